The summed E-state index contributed by atoms with van der Waals surface area (Å²) in [5, 5.41) is 5.30. The van der Waals surface area contributed by atoms with Gasteiger partial charge in [0.05, 0.1) is 13.2 Å². The lowest BCUT2D eigenvalue weighted by Crippen LogP contribution is -2.37. The molecule has 0 bridgehead atoms. The third-order valence-electron chi connectivity index (χ3n) is 4.52. The van der Waals surface area contributed by atoms with E-state index < -0.39 is 36.6 Å². The molecule has 2 heterocycles. The van der Waals surface area contributed by atoms with Crippen LogP contribution in [0.25, 0.3) is 0 Å². The van der Waals surface area contributed by atoms with Gasteiger partial charge in [0.15, 0.2) is 12.2 Å². The lowest BCUT2D eigenvalue weighted by Gasteiger charge is -2.17. The first-order valence-corrected chi connectivity index (χ1v) is 8.97. The third kappa shape index (κ3) is 4.24. The summed E-state index contributed by atoms with van der Waals surface area (Å²) in [6.07, 6.45) is -3.27. The maximum Gasteiger partial charge on any atom is 0.412 e. The zero-order valence-electron chi connectivity index (χ0n) is 14.9. The van der Waals surface area contributed by atoms with Gasteiger partial charge in [0.1, 0.15) is 12.2 Å². The van der Waals surface area contributed by atoms with Crippen LogP contribution in [0.5, 0.6) is 0 Å². The molecule has 4 rings (SSSR count). The minimum absolute atomic E-state index is 0.178. The summed E-state index contributed by atoms with van der Waals surface area (Å²) < 4.78 is 22.2. The maximum absolute atomic E-state index is 12.1. The molecule has 2 aliphatic heterocycles. The first-order valence-electron chi connectivity index (χ1n) is 8.97. The van der Waals surface area contributed by atoms with E-state index in [2.05, 4.69) is 10.6 Å². The molecule has 0 spiro atoms. The number of benzene rings is 2. The van der Waals surface area contributed by atoms with Gasteiger partial charge in [0.2, 0.25) is 0 Å². The molecule has 146 valence electrons. The van der Waals surface area contributed by atoms with Gasteiger partial charge in [0.25, 0.3) is 0 Å². The molecule has 0 radical (unpaired) electrons. The number of hydrogen-bond donors (Lipinski definition) is 2. The standard InChI is InChI=1S/C20H20N2O6/c23-19(21-13-7-3-1-4-8-13)27-15-11-25-18-16(12-26-17(15)18)28-20(24)22-14-9-5-2-6-10-14/h1-10,15-18H,11-12H2,(H,21,23)(H,22,24). The van der Waals surface area contributed by atoms with E-state index in [-0.39, 0.29) is 13.2 Å². The van der Waals surface area contributed by atoms with Gasteiger partial charge in [-0.25, -0.2) is 9.59 Å². The lowest BCUT2D eigenvalue weighted by atomic mass is 10.1. The molecule has 4 unspecified atom stereocenters. The number of para-hydroxylation sites is 2. The van der Waals surface area contributed by atoms with Crippen molar-refractivity contribution in [2.45, 2.75) is 24.4 Å². The van der Waals surface area contributed by atoms with Crippen molar-refractivity contribution in [3.8, 4) is 0 Å². The van der Waals surface area contributed by atoms with Gasteiger partial charge < -0.3 is 18.9 Å². The van der Waals surface area contributed by atoms with Crippen molar-refractivity contribution in [3.05, 3.63) is 60.7 Å². The van der Waals surface area contributed by atoms with Crippen LogP contribution in [-0.4, -0.2) is 49.8 Å². The van der Waals surface area contributed by atoms with Crippen molar-refractivity contribution in [2.75, 3.05) is 23.8 Å². The number of carbonyl (C=O) groups is 2. The van der Waals surface area contributed by atoms with E-state index in [0.717, 1.165) is 0 Å². The van der Waals surface area contributed by atoms with Crippen LogP contribution in [0.2, 0.25) is 0 Å². The van der Waals surface area contributed by atoms with Crippen LogP contribution in [0.15, 0.2) is 60.7 Å². The fourth-order valence-corrected chi connectivity index (χ4v) is 3.24. The average molecular weight is 384 g/mol. The summed E-state index contributed by atoms with van der Waals surface area (Å²) >= 11 is 0. The maximum atomic E-state index is 12.1. The summed E-state index contributed by atoms with van der Waals surface area (Å²) in [7, 11) is 0. The number of ether oxygens (including phenoxy) is 4. The van der Waals surface area contributed by atoms with E-state index in [4.69, 9.17) is 18.9 Å². The van der Waals surface area contributed by atoms with Gasteiger partial charge in [-0.2, -0.15) is 0 Å². The summed E-state index contributed by atoms with van der Waals surface area (Å²) in [4.78, 5) is 24.2. The molecule has 2 aromatic carbocycles. The van der Waals surface area contributed by atoms with Crippen LogP contribution in [0.4, 0.5) is 21.0 Å². The molecule has 4 atom stereocenters. The zero-order chi connectivity index (χ0) is 19.3. The Morgan fingerprint density at radius 1 is 0.714 bits per heavy atom. The van der Waals surface area contributed by atoms with E-state index in [1.807, 2.05) is 36.4 Å². The van der Waals surface area contributed by atoms with Crippen LogP contribution in [-0.2, 0) is 18.9 Å². The quantitative estimate of drug-likeness (QED) is 0.841. The fourth-order valence-electron chi connectivity index (χ4n) is 3.24. The van der Waals surface area contributed by atoms with Crippen LogP contribution in [0.3, 0.4) is 0 Å². The highest BCUT2D eigenvalue weighted by molar-refractivity contribution is 5.85. The van der Waals surface area contributed by atoms with Crippen LogP contribution in [0, 0.1) is 0 Å². The Balaban J connectivity index is 1.28. The first kappa shape index (κ1) is 18.3. The number of fused-ring (bicyclic) bond motifs is 1. The van der Waals surface area contributed by atoms with Crippen molar-refractivity contribution in [3.63, 3.8) is 0 Å². The summed E-state index contributed by atoms with van der Waals surface area (Å²) in [5.74, 6) is 0. The number of anilines is 2. The highest BCUT2D eigenvalue weighted by Gasteiger charge is 2.51. The predicted molar refractivity (Wildman–Crippen MR) is 100 cm³/mol. The Kier molecular flexibility index (Phi) is 5.41. The summed E-state index contributed by atoms with van der Waals surface area (Å²) in [6.45, 7) is 0.357. The number of carbonyl (C=O) groups excluding carboxylic acids is 2. The van der Waals surface area contributed by atoms with Gasteiger partial charge in [-0.3, -0.25) is 10.6 Å². The molecule has 2 N–H and O–H groups in total. The molecule has 2 saturated heterocycles. The van der Waals surface area contributed by atoms with Crippen LogP contribution < -0.4 is 10.6 Å². The number of amides is 2. The van der Waals surface area contributed by atoms with Gasteiger partial charge in [0, 0.05) is 11.4 Å². The molecule has 2 aromatic rings. The summed E-state index contributed by atoms with van der Waals surface area (Å²) in [6, 6.07) is 18.0. The van der Waals surface area contributed by atoms with Crippen molar-refractivity contribution in [1.29, 1.82) is 0 Å². The highest BCUT2D eigenvalue weighted by Crippen LogP contribution is 2.31. The SMILES string of the molecule is O=C(Nc1ccccc1)OC1COC2C(OC(=O)Nc3ccccc3)COC12. The Bertz CT molecular complexity index is 746. The van der Waals surface area contributed by atoms with Gasteiger partial charge >= 0.3 is 12.2 Å². The zero-order valence-corrected chi connectivity index (χ0v) is 14.9. The number of hydrogen-bond acceptors (Lipinski definition) is 6. The minimum atomic E-state index is -0.588. The predicted octanol–water partition coefficient (Wildman–Crippen LogP) is 3.02. The van der Waals surface area contributed by atoms with E-state index in [1.54, 1.807) is 24.3 Å². The van der Waals surface area contributed by atoms with Crippen LogP contribution >= 0.6 is 0 Å². The van der Waals surface area contributed by atoms with Crippen molar-refractivity contribution >= 4 is 23.6 Å². The molecule has 8 nitrogen and oxygen atoms in total. The molecule has 2 fully saturated rings. The second-order valence-corrected chi connectivity index (χ2v) is 6.47. The van der Waals surface area contributed by atoms with Crippen molar-refractivity contribution < 1.29 is 28.5 Å². The second kappa shape index (κ2) is 8.28. The molecule has 0 aliphatic carbocycles. The largest absolute Gasteiger partial charge is 0.441 e. The number of nitrogens with one attached hydrogen (secondary N) is 2. The van der Waals surface area contributed by atoms with E-state index in [1.165, 1.54) is 0 Å². The van der Waals surface area contributed by atoms with Gasteiger partial charge in [-0.15, -0.1) is 0 Å². The van der Waals surface area contributed by atoms with E-state index in [0.29, 0.717) is 11.4 Å². The Hall–Kier alpha value is -3.10. The molecule has 2 aliphatic rings. The molecular weight excluding hydrogens is 364 g/mol. The monoisotopic (exact) mass is 384 g/mol. The molecule has 0 aromatic heterocycles. The molecule has 28 heavy (non-hydrogen) atoms. The van der Waals surface area contributed by atoms with Crippen molar-refractivity contribution in [2.24, 2.45) is 0 Å². The van der Waals surface area contributed by atoms with E-state index in [9.17, 15) is 9.59 Å². The molecule has 2 amide bonds. The molecule has 8 heteroatoms. The second-order valence-electron chi connectivity index (χ2n) is 6.47. The Morgan fingerprint density at radius 3 is 1.50 bits per heavy atom. The Morgan fingerprint density at radius 2 is 1.11 bits per heavy atom. The number of rotatable bonds is 4. The third-order valence-corrected chi connectivity index (χ3v) is 4.52. The Labute approximate surface area is 161 Å². The van der Waals surface area contributed by atoms with Gasteiger partial charge in [-0.1, -0.05) is 36.4 Å². The van der Waals surface area contributed by atoms with E-state index >= 15 is 0 Å². The van der Waals surface area contributed by atoms with Crippen molar-refractivity contribution in [1.82, 2.24) is 0 Å². The highest BCUT2D eigenvalue weighted by atomic mass is 16.7. The smallest absolute Gasteiger partial charge is 0.412 e. The molecular formula is C20H20N2O6. The first-order chi connectivity index (χ1) is 13.7. The van der Waals surface area contributed by atoms with Crippen LogP contribution in [0.1, 0.15) is 0 Å². The fraction of sp³-hybridized carbons (Fsp3) is 0.300. The average Bonchev–Trinajstić information content (AvgIpc) is 3.27. The summed E-state index contributed by atoms with van der Waals surface area (Å²) in [5.41, 5.74) is 1.27. The lowest BCUT2D eigenvalue weighted by molar-refractivity contribution is -0.00696. The normalized spacial score (nSPS) is 25.6. The topological polar surface area (TPSA) is 95.1 Å². The van der Waals surface area contributed by atoms with Gasteiger partial charge in [-0.05, 0) is 24.3 Å². The molecule has 0 saturated carbocycles. The minimum Gasteiger partial charge on any atom is -0.441 e.